The summed E-state index contributed by atoms with van der Waals surface area (Å²) in [5.74, 6) is 0.866. The second-order valence-electron chi connectivity index (χ2n) is 6.98. The zero-order chi connectivity index (χ0) is 21.3. The molecule has 156 valence electrons. The highest BCUT2D eigenvalue weighted by Gasteiger charge is 2.33. The molecule has 8 nitrogen and oxygen atoms in total. The molecule has 3 aromatic rings. The maximum Gasteiger partial charge on any atom is 0.266 e. The third-order valence-corrected chi connectivity index (χ3v) is 6.21. The van der Waals surface area contributed by atoms with Gasteiger partial charge in [0.2, 0.25) is 0 Å². The second kappa shape index (κ2) is 7.83. The summed E-state index contributed by atoms with van der Waals surface area (Å²) in [6, 6.07) is 16.1. The number of nitrogens with one attached hydrogen (secondary N) is 1. The van der Waals surface area contributed by atoms with E-state index in [0.717, 1.165) is 0 Å². The molecule has 0 radical (unpaired) electrons. The molecule has 1 N–H and O–H groups in total. The van der Waals surface area contributed by atoms with Crippen LogP contribution in [0.2, 0.25) is 0 Å². The molecule has 1 aromatic heterocycles. The number of methoxy groups -OCH3 is 1. The van der Waals surface area contributed by atoms with E-state index in [1.165, 1.54) is 0 Å². The Morgan fingerprint density at radius 1 is 1.07 bits per heavy atom. The van der Waals surface area contributed by atoms with Gasteiger partial charge in [0, 0.05) is 5.56 Å². The van der Waals surface area contributed by atoms with Crippen LogP contribution >= 0.6 is 0 Å². The van der Waals surface area contributed by atoms with Crippen molar-refractivity contribution < 1.29 is 22.7 Å². The zero-order valence-electron chi connectivity index (χ0n) is 16.5. The fraction of sp³-hybridized carbons (Fsp3) is 0.238. The summed E-state index contributed by atoms with van der Waals surface area (Å²) in [6.45, 7) is 1.63. The van der Waals surface area contributed by atoms with Crippen LogP contribution in [0.4, 0.5) is 5.82 Å². The Labute approximate surface area is 174 Å². The molecule has 0 spiro atoms. The molecule has 0 saturated carbocycles. The van der Waals surface area contributed by atoms with E-state index in [4.69, 9.17) is 9.47 Å². The largest absolute Gasteiger partial charge is 0.497 e. The number of carbonyl (C=O) groups is 1. The fourth-order valence-electron chi connectivity index (χ4n) is 3.26. The van der Waals surface area contributed by atoms with Gasteiger partial charge in [0.25, 0.3) is 5.91 Å². The van der Waals surface area contributed by atoms with Gasteiger partial charge in [0.05, 0.1) is 30.0 Å². The molecule has 30 heavy (non-hydrogen) atoms. The van der Waals surface area contributed by atoms with Crippen molar-refractivity contribution in [2.45, 2.75) is 24.5 Å². The summed E-state index contributed by atoms with van der Waals surface area (Å²) in [5.41, 5.74) is 1.62. The van der Waals surface area contributed by atoms with Crippen molar-refractivity contribution in [1.29, 1.82) is 0 Å². The van der Waals surface area contributed by atoms with Gasteiger partial charge in [-0.1, -0.05) is 18.2 Å². The first-order chi connectivity index (χ1) is 14.4. The van der Waals surface area contributed by atoms with E-state index in [2.05, 4.69) is 10.4 Å². The lowest BCUT2D eigenvalue weighted by molar-refractivity contribution is -0.122. The normalized spacial score (nSPS) is 15.3. The highest BCUT2D eigenvalue weighted by molar-refractivity contribution is 7.90. The van der Waals surface area contributed by atoms with E-state index in [1.807, 2.05) is 18.2 Å². The standard InChI is InChI=1S/C21H21N3O5S/c1-14(29-17-6-4-3-5-7-17)21(25)22-20-18-12-30(26,27)13-19(18)23-24(20)15-8-10-16(28-2)11-9-15/h3-11,14H,12-13H2,1-2H3,(H,22,25)/t14-/m1/s1. The van der Waals surface area contributed by atoms with Gasteiger partial charge in [-0.25, -0.2) is 13.1 Å². The average molecular weight is 427 g/mol. The van der Waals surface area contributed by atoms with Gasteiger partial charge in [-0.15, -0.1) is 0 Å². The first-order valence-electron chi connectivity index (χ1n) is 9.34. The van der Waals surface area contributed by atoms with E-state index < -0.39 is 21.8 Å². The molecule has 1 atom stereocenters. The number of sulfone groups is 1. The number of benzene rings is 2. The number of anilines is 1. The van der Waals surface area contributed by atoms with Gasteiger partial charge in [0.1, 0.15) is 17.3 Å². The number of amides is 1. The lowest BCUT2D eigenvalue weighted by atomic mass is 10.2. The molecule has 1 amide bonds. The molecule has 0 fully saturated rings. The molecule has 4 rings (SSSR count). The summed E-state index contributed by atoms with van der Waals surface area (Å²) in [5, 5.41) is 7.27. The van der Waals surface area contributed by atoms with Crippen molar-refractivity contribution in [2.24, 2.45) is 0 Å². The van der Waals surface area contributed by atoms with Gasteiger partial charge >= 0.3 is 0 Å². The highest BCUT2D eigenvalue weighted by atomic mass is 32.2. The van der Waals surface area contributed by atoms with Crippen LogP contribution in [0.25, 0.3) is 5.69 Å². The third kappa shape index (κ3) is 4.02. The summed E-state index contributed by atoms with van der Waals surface area (Å²) in [7, 11) is -1.71. The van der Waals surface area contributed by atoms with Crippen LogP contribution in [-0.4, -0.2) is 37.3 Å². The molecule has 1 aliphatic rings. The van der Waals surface area contributed by atoms with Crippen molar-refractivity contribution in [2.75, 3.05) is 12.4 Å². The molecule has 0 aliphatic carbocycles. The summed E-state index contributed by atoms with van der Waals surface area (Å²) >= 11 is 0. The second-order valence-corrected chi connectivity index (χ2v) is 9.04. The minimum absolute atomic E-state index is 0.148. The summed E-state index contributed by atoms with van der Waals surface area (Å²) in [6.07, 6.45) is -0.791. The van der Waals surface area contributed by atoms with E-state index in [1.54, 1.807) is 55.1 Å². The molecular weight excluding hydrogens is 406 g/mol. The van der Waals surface area contributed by atoms with Crippen LogP contribution in [0.3, 0.4) is 0 Å². The molecule has 2 heterocycles. The Bertz CT molecular complexity index is 1170. The number of ether oxygens (including phenoxy) is 2. The molecule has 0 unspecified atom stereocenters. The first-order valence-corrected chi connectivity index (χ1v) is 11.2. The number of carbonyl (C=O) groups excluding carboxylic acids is 1. The number of nitrogens with zero attached hydrogens (tertiary/aromatic N) is 2. The number of fused-ring (bicyclic) bond motifs is 1. The van der Waals surface area contributed by atoms with Crippen LogP contribution in [0.5, 0.6) is 11.5 Å². The SMILES string of the molecule is COc1ccc(-n2nc3c(c2NC(=O)[C@@H](C)Oc2ccccc2)CS(=O)(=O)C3)cc1. The molecule has 0 saturated heterocycles. The van der Waals surface area contributed by atoms with Crippen molar-refractivity contribution >= 4 is 21.6 Å². The first kappa shape index (κ1) is 20.0. The fourth-order valence-corrected chi connectivity index (χ4v) is 4.75. The minimum Gasteiger partial charge on any atom is -0.497 e. The quantitative estimate of drug-likeness (QED) is 0.649. The lowest BCUT2D eigenvalue weighted by Gasteiger charge is -2.16. The van der Waals surface area contributed by atoms with Crippen molar-refractivity contribution in [3.8, 4) is 17.2 Å². The highest BCUT2D eigenvalue weighted by Crippen LogP contribution is 2.33. The van der Waals surface area contributed by atoms with Gasteiger partial charge in [-0.2, -0.15) is 5.10 Å². The van der Waals surface area contributed by atoms with E-state index in [9.17, 15) is 13.2 Å². The van der Waals surface area contributed by atoms with Gasteiger partial charge in [-0.05, 0) is 43.3 Å². The van der Waals surface area contributed by atoms with Crippen molar-refractivity contribution in [3.63, 3.8) is 0 Å². The Kier molecular flexibility index (Phi) is 5.21. The van der Waals surface area contributed by atoms with E-state index >= 15 is 0 Å². The minimum atomic E-state index is -3.28. The predicted molar refractivity (Wildman–Crippen MR) is 112 cm³/mol. The van der Waals surface area contributed by atoms with Gasteiger partial charge in [-0.3, -0.25) is 4.79 Å². The third-order valence-electron chi connectivity index (χ3n) is 4.77. The monoisotopic (exact) mass is 427 g/mol. The van der Waals surface area contributed by atoms with Gasteiger partial charge < -0.3 is 14.8 Å². The number of hydrogen-bond acceptors (Lipinski definition) is 6. The van der Waals surface area contributed by atoms with Crippen molar-refractivity contribution in [1.82, 2.24) is 9.78 Å². The number of aromatic nitrogens is 2. The average Bonchev–Trinajstić information content (AvgIpc) is 3.21. The van der Waals surface area contributed by atoms with E-state index in [-0.39, 0.29) is 11.5 Å². The number of para-hydroxylation sites is 1. The summed E-state index contributed by atoms with van der Waals surface area (Å²) < 4.78 is 36.6. The lowest BCUT2D eigenvalue weighted by Crippen LogP contribution is -2.31. The van der Waals surface area contributed by atoms with Crippen LogP contribution in [0.1, 0.15) is 18.2 Å². The molecular formula is C21H21N3O5S. The summed E-state index contributed by atoms with van der Waals surface area (Å²) in [4.78, 5) is 12.8. The topological polar surface area (TPSA) is 99.5 Å². The number of hydrogen-bond donors (Lipinski definition) is 1. The van der Waals surface area contributed by atoms with Crippen molar-refractivity contribution in [3.05, 3.63) is 65.9 Å². The van der Waals surface area contributed by atoms with E-state index in [0.29, 0.717) is 34.3 Å². The van der Waals surface area contributed by atoms with Crippen LogP contribution in [0.15, 0.2) is 54.6 Å². The molecule has 1 aliphatic heterocycles. The zero-order valence-corrected chi connectivity index (χ0v) is 17.3. The van der Waals surface area contributed by atoms with Gasteiger partial charge in [0.15, 0.2) is 15.9 Å². The Hall–Kier alpha value is -3.33. The van der Waals surface area contributed by atoms with Crippen LogP contribution < -0.4 is 14.8 Å². The molecule has 2 aromatic carbocycles. The maximum absolute atomic E-state index is 12.8. The van der Waals surface area contributed by atoms with Crippen LogP contribution in [0, 0.1) is 0 Å². The van der Waals surface area contributed by atoms with Crippen LogP contribution in [-0.2, 0) is 26.1 Å². The Morgan fingerprint density at radius 2 is 1.77 bits per heavy atom. The smallest absolute Gasteiger partial charge is 0.266 e. The Morgan fingerprint density at radius 3 is 2.43 bits per heavy atom. The Balaban J connectivity index is 1.64. The molecule has 0 bridgehead atoms. The molecule has 9 heteroatoms. The number of rotatable bonds is 6. The predicted octanol–water partition coefficient (Wildman–Crippen LogP) is 2.72. The maximum atomic E-state index is 12.8.